The molecule has 0 aliphatic heterocycles. The van der Waals surface area contributed by atoms with Crippen LogP contribution in [0.2, 0.25) is 0 Å². The van der Waals surface area contributed by atoms with Crippen molar-refractivity contribution < 1.29 is 4.09 Å². The van der Waals surface area contributed by atoms with E-state index in [1.165, 1.54) is 11.9 Å². The minimum absolute atomic E-state index is 1.15. The molecule has 2 aromatic rings. The van der Waals surface area contributed by atoms with Crippen LogP contribution >= 0.6 is 11.9 Å². The van der Waals surface area contributed by atoms with E-state index in [1.807, 2.05) is 30.3 Å². The first kappa shape index (κ1) is 7.30. The Labute approximate surface area is 73.7 Å². The van der Waals surface area contributed by atoms with Crippen molar-refractivity contribution in [3.8, 4) is 0 Å². The van der Waals surface area contributed by atoms with Gasteiger partial charge in [-0.2, -0.15) is 0 Å². The molecule has 1 aromatic carbocycles. The third kappa shape index (κ3) is 1.62. The Morgan fingerprint density at radius 2 is 2.08 bits per heavy atom. The summed E-state index contributed by atoms with van der Waals surface area (Å²) in [6.07, 6.45) is 1.62. The van der Waals surface area contributed by atoms with Crippen molar-refractivity contribution in [3.63, 3.8) is 0 Å². The molecule has 1 heterocycles. The van der Waals surface area contributed by atoms with Gasteiger partial charge in [0, 0.05) is 4.90 Å². The molecule has 0 aliphatic rings. The molecule has 4 nitrogen and oxygen atoms in total. The number of hydrogen-bond donors (Lipinski definition) is 1. The summed E-state index contributed by atoms with van der Waals surface area (Å²) in [6.45, 7) is 0. The number of aromatic amines is 1. The average molecular weight is 179 g/mol. The Hall–Kier alpha value is -1.36. The SMILES string of the molecule is c1ccc(S[n+]2cnn[nH]2)cc1. The van der Waals surface area contributed by atoms with Crippen LogP contribution in [0.15, 0.2) is 41.6 Å². The number of tetrazole rings is 1. The molecule has 0 atom stereocenters. The lowest BCUT2D eigenvalue weighted by atomic mass is 10.4. The summed E-state index contributed by atoms with van der Waals surface area (Å²) in [4.78, 5) is 1.15. The predicted molar refractivity (Wildman–Crippen MR) is 44.3 cm³/mol. The van der Waals surface area contributed by atoms with E-state index in [0.29, 0.717) is 0 Å². The van der Waals surface area contributed by atoms with Gasteiger partial charge in [0.25, 0.3) is 6.33 Å². The van der Waals surface area contributed by atoms with Crippen molar-refractivity contribution in [3.05, 3.63) is 36.7 Å². The molecule has 0 saturated carbocycles. The third-order valence-corrected chi connectivity index (χ3v) is 2.16. The molecule has 2 rings (SSSR count). The van der Waals surface area contributed by atoms with Gasteiger partial charge in [0.15, 0.2) is 5.21 Å². The van der Waals surface area contributed by atoms with Crippen LogP contribution in [-0.2, 0) is 0 Å². The first-order chi connectivity index (χ1) is 5.95. The zero-order valence-corrected chi connectivity index (χ0v) is 7.03. The van der Waals surface area contributed by atoms with Crippen LogP contribution in [0.1, 0.15) is 0 Å². The van der Waals surface area contributed by atoms with Crippen molar-refractivity contribution in [1.82, 2.24) is 15.5 Å². The van der Waals surface area contributed by atoms with E-state index in [1.54, 1.807) is 10.4 Å². The quantitative estimate of drug-likeness (QED) is 0.688. The maximum atomic E-state index is 3.65. The molecule has 0 bridgehead atoms. The lowest BCUT2D eigenvalue weighted by Gasteiger charge is -1.92. The van der Waals surface area contributed by atoms with E-state index in [-0.39, 0.29) is 0 Å². The van der Waals surface area contributed by atoms with Gasteiger partial charge in [-0.25, -0.2) is 0 Å². The van der Waals surface area contributed by atoms with Gasteiger partial charge in [-0.1, -0.05) is 27.5 Å². The van der Waals surface area contributed by atoms with Gasteiger partial charge in [0.05, 0.1) is 11.9 Å². The molecule has 0 aliphatic carbocycles. The zero-order valence-electron chi connectivity index (χ0n) is 6.21. The average Bonchev–Trinajstić information content (AvgIpc) is 2.59. The van der Waals surface area contributed by atoms with Crippen LogP contribution in [0.4, 0.5) is 0 Å². The standard InChI is InChI=1S/C7H6N4S/c1-2-4-7(5-3-1)12-11-6-8-9-10-11/h1-6H/p+1. The van der Waals surface area contributed by atoms with Crippen LogP contribution in [0.3, 0.4) is 0 Å². The molecule has 0 amide bonds. The van der Waals surface area contributed by atoms with Crippen LogP contribution in [0.25, 0.3) is 0 Å². The van der Waals surface area contributed by atoms with E-state index in [2.05, 4.69) is 15.5 Å². The topological polar surface area (TPSA) is 45.5 Å². The first-order valence-electron chi connectivity index (χ1n) is 3.46. The van der Waals surface area contributed by atoms with E-state index < -0.39 is 0 Å². The van der Waals surface area contributed by atoms with Gasteiger partial charge in [-0.15, -0.1) is 0 Å². The van der Waals surface area contributed by atoms with Crippen molar-refractivity contribution in [2.24, 2.45) is 0 Å². The van der Waals surface area contributed by atoms with Crippen LogP contribution < -0.4 is 4.09 Å². The van der Waals surface area contributed by atoms with Crippen LogP contribution in [-0.4, -0.2) is 15.5 Å². The highest BCUT2D eigenvalue weighted by Crippen LogP contribution is 2.10. The largest absolute Gasteiger partial charge is 0.300 e. The van der Waals surface area contributed by atoms with Gasteiger partial charge >= 0.3 is 0 Å². The van der Waals surface area contributed by atoms with Gasteiger partial charge in [0.1, 0.15) is 5.10 Å². The second kappa shape index (κ2) is 3.36. The normalized spacial score (nSPS) is 10.0. The van der Waals surface area contributed by atoms with E-state index in [0.717, 1.165) is 4.90 Å². The third-order valence-electron chi connectivity index (χ3n) is 1.30. The van der Waals surface area contributed by atoms with E-state index in [4.69, 9.17) is 0 Å². The molecule has 0 saturated heterocycles. The molecule has 0 spiro atoms. The Kier molecular flexibility index (Phi) is 2.04. The number of rotatable bonds is 2. The fraction of sp³-hybridized carbons (Fsp3) is 0. The van der Waals surface area contributed by atoms with Crippen LogP contribution in [0.5, 0.6) is 0 Å². The van der Waals surface area contributed by atoms with Gasteiger partial charge < -0.3 is 0 Å². The van der Waals surface area contributed by atoms with Crippen molar-refractivity contribution >= 4 is 11.9 Å². The summed E-state index contributed by atoms with van der Waals surface area (Å²) in [6, 6.07) is 10.0. The lowest BCUT2D eigenvalue weighted by molar-refractivity contribution is -0.565. The summed E-state index contributed by atoms with van der Waals surface area (Å²) >= 11 is 1.53. The number of nitrogens with zero attached hydrogens (tertiary/aromatic N) is 3. The Balaban J connectivity index is 2.15. The molecule has 12 heavy (non-hydrogen) atoms. The molecule has 0 unspecified atom stereocenters. The minimum Gasteiger partial charge on any atom is -0.0944 e. The number of H-pyrrole nitrogens is 1. The van der Waals surface area contributed by atoms with Crippen molar-refractivity contribution in [2.45, 2.75) is 4.90 Å². The second-order valence-corrected chi connectivity index (χ2v) is 3.21. The molecule has 0 fully saturated rings. The second-order valence-electron chi connectivity index (χ2n) is 2.16. The molecule has 60 valence electrons. The maximum absolute atomic E-state index is 3.65. The number of benzene rings is 1. The maximum Gasteiger partial charge on any atom is 0.300 e. The Morgan fingerprint density at radius 1 is 1.25 bits per heavy atom. The minimum atomic E-state index is 1.15. The van der Waals surface area contributed by atoms with Crippen molar-refractivity contribution in [2.75, 3.05) is 0 Å². The summed E-state index contributed by atoms with van der Waals surface area (Å²) < 4.78 is 1.73. The number of hydrogen-bond acceptors (Lipinski definition) is 3. The highest BCUT2D eigenvalue weighted by molar-refractivity contribution is 7.92. The number of aromatic nitrogens is 4. The Bertz CT molecular complexity index is 332. The van der Waals surface area contributed by atoms with E-state index in [9.17, 15) is 0 Å². The summed E-state index contributed by atoms with van der Waals surface area (Å²) in [7, 11) is 0. The van der Waals surface area contributed by atoms with Crippen LogP contribution in [0, 0.1) is 0 Å². The number of nitrogens with one attached hydrogen (secondary N) is 1. The van der Waals surface area contributed by atoms with Crippen molar-refractivity contribution in [1.29, 1.82) is 0 Å². The molecular formula is C7H7N4S+. The summed E-state index contributed by atoms with van der Waals surface area (Å²) in [5.41, 5.74) is 0. The van der Waals surface area contributed by atoms with E-state index >= 15 is 0 Å². The molecule has 1 aromatic heterocycles. The first-order valence-corrected chi connectivity index (χ1v) is 4.23. The highest BCUT2D eigenvalue weighted by atomic mass is 32.2. The zero-order chi connectivity index (χ0) is 8.23. The smallest absolute Gasteiger partial charge is 0.0944 e. The fourth-order valence-corrected chi connectivity index (χ4v) is 1.48. The van der Waals surface area contributed by atoms with Gasteiger partial charge in [-0.3, -0.25) is 0 Å². The summed E-state index contributed by atoms with van der Waals surface area (Å²) in [5, 5.41) is 9.94. The molecule has 1 N–H and O–H groups in total. The fourth-order valence-electron chi connectivity index (χ4n) is 0.807. The highest BCUT2D eigenvalue weighted by Gasteiger charge is 2.00. The summed E-state index contributed by atoms with van der Waals surface area (Å²) in [5.74, 6) is 0. The monoisotopic (exact) mass is 179 g/mol. The molecular weight excluding hydrogens is 172 g/mol. The molecule has 5 heteroatoms. The van der Waals surface area contributed by atoms with Gasteiger partial charge in [-0.05, 0) is 12.1 Å². The molecule has 0 radical (unpaired) electrons. The predicted octanol–water partition coefficient (Wildman–Crippen LogP) is 0.648. The lowest BCUT2D eigenvalue weighted by Crippen LogP contribution is -2.25. The Morgan fingerprint density at radius 3 is 2.75 bits per heavy atom. The van der Waals surface area contributed by atoms with Gasteiger partial charge in [0.2, 0.25) is 0 Å².